The molecule has 0 amide bonds. The number of ether oxygens (including phenoxy) is 1. The highest BCUT2D eigenvalue weighted by Crippen LogP contribution is 2.41. The maximum absolute atomic E-state index is 12.0. The Balaban J connectivity index is 2.06. The van der Waals surface area contributed by atoms with Crippen molar-refractivity contribution < 1.29 is 19.4 Å². The molecular weight excluding hydrogens is 280 g/mol. The molecule has 1 heterocycles. The maximum atomic E-state index is 12.0. The average Bonchev–Trinajstić information content (AvgIpc) is 2.53. The van der Waals surface area contributed by atoms with E-state index in [0.717, 1.165) is 11.1 Å². The average molecular weight is 296 g/mol. The number of hydrogen-bond donors (Lipinski definition) is 1. The minimum absolute atomic E-state index is 0.0569. The quantitative estimate of drug-likeness (QED) is 0.930. The number of carboxylic acids is 1. The molecule has 1 N–H and O–H groups in total. The van der Waals surface area contributed by atoms with Crippen LogP contribution in [0.5, 0.6) is 0 Å². The van der Waals surface area contributed by atoms with Crippen LogP contribution in [0.25, 0.3) is 0 Å². The summed E-state index contributed by atoms with van der Waals surface area (Å²) >= 11 is 0. The lowest BCUT2D eigenvalue weighted by Crippen LogP contribution is -2.23. The third kappa shape index (κ3) is 2.48. The lowest BCUT2D eigenvalue weighted by molar-refractivity contribution is -0.139. The Morgan fingerprint density at radius 3 is 2.73 bits per heavy atom. The number of ketones is 1. The Labute approximate surface area is 128 Å². The number of carbonyl (C=O) groups excluding carboxylic acids is 1. The first kappa shape index (κ1) is 14.3. The zero-order valence-electron chi connectivity index (χ0n) is 12.2. The van der Waals surface area contributed by atoms with Gasteiger partial charge in [0.15, 0.2) is 5.78 Å². The zero-order chi connectivity index (χ0) is 15.7. The van der Waals surface area contributed by atoms with E-state index in [1.54, 1.807) is 13.2 Å². The van der Waals surface area contributed by atoms with E-state index in [-0.39, 0.29) is 18.1 Å². The van der Waals surface area contributed by atoms with Crippen molar-refractivity contribution in [1.82, 2.24) is 0 Å². The minimum atomic E-state index is -0.970. The van der Waals surface area contributed by atoms with Crippen molar-refractivity contribution in [3.63, 3.8) is 0 Å². The second kappa shape index (κ2) is 5.64. The molecule has 2 aliphatic rings. The summed E-state index contributed by atoms with van der Waals surface area (Å²) in [7, 11) is 0. The van der Waals surface area contributed by atoms with Crippen LogP contribution >= 0.6 is 0 Å². The van der Waals surface area contributed by atoms with Gasteiger partial charge in [-0.3, -0.25) is 9.59 Å². The van der Waals surface area contributed by atoms with E-state index < -0.39 is 11.9 Å². The van der Waals surface area contributed by atoms with E-state index in [0.29, 0.717) is 11.3 Å². The molecule has 0 saturated heterocycles. The minimum Gasteiger partial charge on any atom is -0.481 e. The summed E-state index contributed by atoms with van der Waals surface area (Å²) in [4.78, 5) is 23.3. The molecule has 1 aromatic carbocycles. The van der Waals surface area contributed by atoms with Gasteiger partial charge in [0.1, 0.15) is 5.76 Å². The summed E-state index contributed by atoms with van der Waals surface area (Å²) in [6.45, 7) is 1.57. The van der Waals surface area contributed by atoms with E-state index >= 15 is 0 Å². The predicted octanol–water partition coefficient (Wildman–Crippen LogP) is 3.19. The molecule has 0 fully saturated rings. The fraction of sp³-hybridized carbons (Fsp3) is 0.222. The maximum Gasteiger partial charge on any atom is 0.310 e. The van der Waals surface area contributed by atoms with Gasteiger partial charge < -0.3 is 9.84 Å². The van der Waals surface area contributed by atoms with Gasteiger partial charge in [-0.2, -0.15) is 0 Å². The normalized spacial score (nSPS) is 21.8. The SMILES string of the molecule is CC(C(=O)O)C1=CC(=O)CC2=C1OC=CC2c1ccccc1. The van der Waals surface area contributed by atoms with Crippen LogP contribution in [-0.2, 0) is 14.3 Å². The molecule has 0 radical (unpaired) electrons. The Hall–Kier alpha value is -2.62. The van der Waals surface area contributed by atoms with Crippen LogP contribution in [0, 0.1) is 5.92 Å². The van der Waals surface area contributed by atoms with E-state index in [1.807, 2.05) is 36.4 Å². The summed E-state index contributed by atoms with van der Waals surface area (Å²) in [5.74, 6) is -1.36. The fourth-order valence-corrected chi connectivity index (χ4v) is 2.87. The van der Waals surface area contributed by atoms with E-state index in [1.165, 1.54) is 6.08 Å². The van der Waals surface area contributed by atoms with Crippen LogP contribution in [0.2, 0.25) is 0 Å². The first-order valence-corrected chi connectivity index (χ1v) is 7.17. The molecule has 2 unspecified atom stereocenters. The first-order valence-electron chi connectivity index (χ1n) is 7.17. The Kier molecular flexibility index (Phi) is 3.67. The molecule has 3 rings (SSSR count). The molecule has 2 atom stereocenters. The summed E-state index contributed by atoms with van der Waals surface area (Å²) in [5.41, 5.74) is 2.35. The van der Waals surface area contributed by atoms with Gasteiger partial charge in [0, 0.05) is 17.9 Å². The lowest BCUT2D eigenvalue weighted by atomic mass is 9.80. The van der Waals surface area contributed by atoms with Crippen LogP contribution in [0.4, 0.5) is 0 Å². The van der Waals surface area contributed by atoms with E-state index in [9.17, 15) is 14.7 Å². The number of allylic oxidation sites excluding steroid dienone is 4. The standard InChI is InChI=1S/C18H16O4/c1-11(18(20)21)15-9-13(19)10-16-14(7-8-22-17(15)16)12-5-3-2-4-6-12/h2-9,11,14H,10H2,1H3,(H,20,21). The first-order chi connectivity index (χ1) is 10.6. The number of carboxylic acid groups (broad SMARTS) is 1. The fourth-order valence-electron chi connectivity index (χ4n) is 2.87. The molecular formula is C18H16O4. The van der Waals surface area contributed by atoms with Crippen molar-refractivity contribution in [2.45, 2.75) is 19.3 Å². The molecule has 1 aliphatic heterocycles. The van der Waals surface area contributed by atoms with Crippen molar-refractivity contribution in [2.75, 3.05) is 0 Å². The van der Waals surface area contributed by atoms with Crippen LogP contribution in [-0.4, -0.2) is 16.9 Å². The third-order valence-electron chi connectivity index (χ3n) is 4.06. The van der Waals surface area contributed by atoms with E-state index in [2.05, 4.69) is 0 Å². The van der Waals surface area contributed by atoms with Gasteiger partial charge in [0.2, 0.25) is 0 Å². The monoisotopic (exact) mass is 296 g/mol. The highest BCUT2D eigenvalue weighted by atomic mass is 16.5. The highest BCUT2D eigenvalue weighted by molar-refractivity contribution is 5.96. The molecule has 112 valence electrons. The van der Waals surface area contributed by atoms with Crippen LogP contribution in [0.1, 0.15) is 24.8 Å². The molecule has 4 heteroatoms. The molecule has 1 aromatic rings. The topological polar surface area (TPSA) is 63.6 Å². The number of aliphatic carboxylic acids is 1. The van der Waals surface area contributed by atoms with Crippen molar-refractivity contribution in [3.05, 3.63) is 71.2 Å². The number of carbonyl (C=O) groups is 2. The van der Waals surface area contributed by atoms with Crippen LogP contribution in [0.15, 0.2) is 65.7 Å². The van der Waals surface area contributed by atoms with E-state index in [4.69, 9.17) is 4.74 Å². The number of rotatable bonds is 3. The van der Waals surface area contributed by atoms with Crippen molar-refractivity contribution >= 4 is 11.8 Å². The Morgan fingerprint density at radius 2 is 2.05 bits per heavy atom. The summed E-state index contributed by atoms with van der Waals surface area (Å²) in [5, 5.41) is 9.25. The second-order valence-corrected chi connectivity index (χ2v) is 5.49. The molecule has 22 heavy (non-hydrogen) atoms. The molecule has 0 aromatic heterocycles. The molecule has 0 spiro atoms. The Bertz CT molecular complexity index is 710. The van der Waals surface area contributed by atoms with Crippen molar-refractivity contribution in [3.8, 4) is 0 Å². The Morgan fingerprint density at radius 1 is 1.32 bits per heavy atom. The van der Waals surface area contributed by atoms with Crippen LogP contribution in [0.3, 0.4) is 0 Å². The molecule has 4 nitrogen and oxygen atoms in total. The van der Waals surface area contributed by atoms with Gasteiger partial charge in [-0.15, -0.1) is 0 Å². The van der Waals surface area contributed by atoms with Gasteiger partial charge in [-0.1, -0.05) is 30.3 Å². The van der Waals surface area contributed by atoms with Crippen molar-refractivity contribution in [2.24, 2.45) is 5.92 Å². The van der Waals surface area contributed by atoms with Gasteiger partial charge in [0.05, 0.1) is 12.2 Å². The van der Waals surface area contributed by atoms with Crippen LogP contribution < -0.4 is 0 Å². The lowest BCUT2D eigenvalue weighted by Gasteiger charge is -2.29. The van der Waals surface area contributed by atoms with Crippen molar-refractivity contribution in [1.29, 1.82) is 0 Å². The third-order valence-corrected chi connectivity index (χ3v) is 4.06. The number of hydrogen-bond acceptors (Lipinski definition) is 3. The molecule has 1 aliphatic carbocycles. The summed E-state index contributed by atoms with van der Waals surface area (Å²) < 4.78 is 5.58. The summed E-state index contributed by atoms with van der Waals surface area (Å²) in [6, 6.07) is 9.81. The molecule has 0 saturated carbocycles. The summed E-state index contributed by atoms with van der Waals surface area (Å²) in [6.07, 6.45) is 5.14. The second-order valence-electron chi connectivity index (χ2n) is 5.49. The van der Waals surface area contributed by atoms with Gasteiger partial charge in [-0.25, -0.2) is 0 Å². The van der Waals surface area contributed by atoms with Gasteiger partial charge in [-0.05, 0) is 30.2 Å². The predicted molar refractivity (Wildman–Crippen MR) is 80.9 cm³/mol. The largest absolute Gasteiger partial charge is 0.481 e. The van der Waals surface area contributed by atoms with Gasteiger partial charge >= 0.3 is 5.97 Å². The molecule has 0 bridgehead atoms. The zero-order valence-corrected chi connectivity index (χ0v) is 12.2. The number of benzene rings is 1. The smallest absolute Gasteiger partial charge is 0.310 e. The van der Waals surface area contributed by atoms with Gasteiger partial charge in [0.25, 0.3) is 0 Å². The highest BCUT2D eigenvalue weighted by Gasteiger charge is 2.33.